The number of esters is 1. The molecule has 0 unspecified atom stereocenters. The molecule has 3 aromatic rings. The Hall–Kier alpha value is -3.46. The summed E-state index contributed by atoms with van der Waals surface area (Å²) < 4.78 is 25.8. The minimum Gasteiger partial charge on any atom is -0.495 e. The van der Waals surface area contributed by atoms with Crippen LogP contribution in [0.1, 0.15) is 54.6 Å². The maximum Gasteiger partial charge on any atom is 0.337 e. The second-order valence-corrected chi connectivity index (χ2v) is 11.7. The number of amides is 1. The number of rotatable bonds is 7. The minimum absolute atomic E-state index is 0.190. The zero-order valence-corrected chi connectivity index (χ0v) is 24.0. The molecule has 4 N–H and O–H groups in total. The van der Waals surface area contributed by atoms with E-state index in [1.807, 2.05) is 30.3 Å². The predicted octanol–water partition coefficient (Wildman–Crippen LogP) is 5.63. The van der Waals surface area contributed by atoms with Crippen LogP contribution in [0.15, 0.2) is 66.7 Å². The highest BCUT2D eigenvalue weighted by molar-refractivity contribution is 6.30. The zero-order chi connectivity index (χ0) is 29.2. The smallest absolute Gasteiger partial charge is 0.337 e. The van der Waals surface area contributed by atoms with Crippen LogP contribution in [0.25, 0.3) is 0 Å². The molecule has 0 spiro atoms. The maximum atomic E-state index is 15.6. The van der Waals surface area contributed by atoms with Crippen molar-refractivity contribution in [3.63, 3.8) is 0 Å². The Morgan fingerprint density at radius 2 is 1.77 bits per heavy atom. The third kappa shape index (κ3) is 5.84. The summed E-state index contributed by atoms with van der Waals surface area (Å²) in [5.41, 5.74) is 7.53. The molecule has 4 rings (SSSR count). The molecule has 1 amide bonds. The highest BCUT2D eigenvalue weighted by Gasteiger charge is 2.57. The zero-order valence-electron chi connectivity index (χ0n) is 23.3. The molecule has 40 heavy (non-hydrogen) atoms. The Balaban J connectivity index is 1.82. The number of ether oxygens (including phenoxy) is 2. The number of nitrogens with two attached hydrogens (primary N) is 1. The maximum absolute atomic E-state index is 15.6. The Labute approximate surface area is 239 Å². The van der Waals surface area contributed by atoms with Crippen LogP contribution in [0.2, 0.25) is 5.02 Å². The van der Waals surface area contributed by atoms with Crippen molar-refractivity contribution in [1.82, 2.24) is 5.32 Å². The summed E-state index contributed by atoms with van der Waals surface area (Å²) in [6, 6.07) is 17.2. The van der Waals surface area contributed by atoms with Gasteiger partial charge in [-0.05, 0) is 47.7 Å². The van der Waals surface area contributed by atoms with Gasteiger partial charge in [-0.25, -0.2) is 9.18 Å². The van der Waals surface area contributed by atoms with Crippen LogP contribution in [-0.2, 0) is 15.1 Å². The highest BCUT2D eigenvalue weighted by atomic mass is 35.5. The Morgan fingerprint density at radius 3 is 2.38 bits per heavy atom. The number of hydrogen-bond donors (Lipinski definition) is 3. The monoisotopic (exact) mass is 567 g/mol. The van der Waals surface area contributed by atoms with E-state index in [0.717, 1.165) is 5.56 Å². The summed E-state index contributed by atoms with van der Waals surface area (Å²) in [5.74, 6) is -1.78. The number of carbonyl (C=O) groups is 2. The first-order valence-corrected chi connectivity index (χ1v) is 13.4. The lowest BCUT2D eigenvalue weighted by atomic mass is 9.68. The molecule has 9 heteroatoms. The molecule has 0 radical (unpaired) electrons. The molecular formula is C31H35ClFN3O4. The molecule has 0 saturated carbocycles. The van der Waals surface area contributed by atoms with Crippen LogP contribution in [0, 0.1) is 11.2 Å². The standard InChI is InChI=1S/C31H35ClFN3O4/c1-30(2,3)17-25-31(34,21-13-12-20(32)16-22(21)33)26(18-9-7-6-8-10-18)27(36-25)28(37)35-23-14-11-19(29(38)40-5)15-24(23)39-4/h6-16,25-27,36H,17,34H2,1-5H3,(H,35,37)/t25-,26-,27+,31+/m0/s1. The predicted molar refractivity (Wildman–Crippen MR) is 154 cm³/mol. The van der Waals surface area contributed by atoms with E-state index in [2.05, 4.69) is 31.4 Å². The third-order valence-corrected chi connectivity index (χ3v) is 7.58. The Morgan fingerprint density at radius 1 is 1.07 bits per heavy atom. The molecule has 0 aromatic heterocycles. The van der Waals surface area contributed by atoms with E-state index in [4.69, 9.17) is 26.8 Å². The van der Waals surface area contributed by atoms with Gasteiger partial charge in [0.1, 0.15) is 11.6 Å². The summed E-state index contributed by atoms with van der Waals surface area (Å²) in [5, 5.41) is 6.67. The van der Waals surface area contributed by atoms with Gasteiger partial charge >= 0.3 is 5.97 Å². The van der Waals surface area contributed by atoms with Crippen molar-refractivity contribution in [2.45, 2.75) is 50.7 Å². The van der Waals surface area contributed by atoms with Crippen molar-refractivity contribution in [2.75, 3.05) is 19.5 Å². The number of carbonyl (C=O) groups excluding carboxylic acids is 2. The van der Waals surface area contributed by atoms with Gasteiger partial charge in [0.25, 0.3) is 0 Å². The lowest BCUT2D eigenvalue weighted by Gasteiger charge is -2.39. The number of halogens is 2. The fraction of sp³-hybridized carbons (Fsp3) is 0.355. The molecule has 1 saturated heterocycles. The number of anilines is 1. The first kappa shape index (κ1) is 29.5. The van der Waals surface area contributed by atoms with E-state index >= 15 is 4.39 Å². The number of benzene rings is 3. The molecule has 3 aromatic carbocycles. The number of nitrogens with one attached hydrogen (secondary N) is 2. The van der Waals surface area contributed by atoms with Crippen molar-refractivity contribution in [3.05, 3.63) is 94.3 Å². The van der Waals surface area contributed by atoms with Gasteiger partial charge in [-0.2, -0.15) is 0 Å². The SMILES string of the molecule is COC(=O)c1ccc(NC(=O)[C@@H]2N[C@@H](CC(C)(C)C)[C@](N)(c3ccc(Cl)cc3F)[C@H]2c2ccccc2)c(OC)c1. The lowest BCUT2D eigenvalue weighted by molar-refractivity contribution is -0.118. The van der Waals surface area contributed by atoms with Crippen molar-refractivity contribution >= 4 is 29.2 Å². The summed E-state index contributed by atoms with van der Waals surface area (Å²) in [4.78, 5) is 26.0. The van der Waals surface area contributed by atoms with Crippen molar-refractivity contribution in [1.29, 1.82) is 0 Å². The van der Waals surface area contributed by atoms with Gasteiger partial charge in [0.05, 0.1) is 37.1 Å². The second kappa shape index (κ2) is 11.6. The molecule has 7 nitrogen and oxygen atoms in total. The van der Waals surface area contributed by atoms with E-state index in [0.29, 0.717) is 17.9 Å². The van der Waals surface area contributed by atoms with Crippen LogP contribution < -0.4 is 21.1 Å². The second-order valence-electron chi connectivity index (χ2n) is 11.3. The lowest BCUT2D eigenvalue weighted by Crippen LogP contribution is -2.52. The molecule has 0 aliphatic carbocycles. The first-order chi connectivity index (χ1) is 18.9. The third-order valence-electron chi connectivity index (χ3n) is 7.34. The first-order valence-electron chi connectivity index (χ1n) is 13.0. The molecule has 1 aliphatic rings. The number of methoxy groups -OCH3 is 2. The Bertz CT molecular complexity index is 1400. The molecule has 0 bridgehead atoms. The summed E-state index contributed by atoms with van der Waals surface area (Å²) in [6.45, 7) is 6.23. The topological polar surface area (TPSA) is 103 Å². The fourth-order valence-corrected chi connectivity index (χ4v) is 5.74. The van der Waals surface area contributed by atoms with Gasteiger partial charge in [0.2, 0.25) is 5.91 Å². The van der Waals surface area contributed by atoms with E-state index in [1.54, 1.807) is 24.3 Å². The fourth-order valence-electron chi connectivity index (χ4n) is 5.58. The molecular weight excluding hydrogens is 533 g/mol. The van der Waals surface area contributed by atoms with Crippen LogP contribution in [0.3, 0.4) is 0 Å². The van der Waals surface area contributed by atoms with Crippen molar-refractivity contribution in [2.24, 2.45) is 11.1 Å². The average Bonchev–Trinajstić information content (AvgIpc) is 3.19. The largest absolute Gasteiger partial charge is 0.495 e. The molecule has 1 fully saturated rings. The van der Waals surface area contributed by atoms with Crippen LogP contribution >= 0.6 is 11.6 Å². The van der Waals surface area contributed by atoms with Crippen LogP contribution in [-0.4, -0.2) is 38.2 Å². The highest BCUT2D eigenvalue weighted by Crippen LogP contribution is 2.49. The summed E-state index contributed by atoms with van der Waals surface area (Å²) >= 11 is 6.10. The van der Waals surface area contributed by atoms with Gasteiger partial charge in [0.15, 0.2) is 0 Å². The van der Waals surface area contributed by atoms with E-state index < -0.39 is 35.3 Å². The van der Waals surface area contributed by atoms with Gasteiger partial charge in [-0.1, -0.05) is 68.8 Å². The van der Waals surface area contributed by atoms with Crippen LogP contribution in [0.5, 0.6) is 5.75 Å². The number of hydrogen-bond acceptors (Lipinski definition) is 6. The molecule has 1 heterocycles. The molecule has 1 aliphatic heterocycles. The van der Waals surface area contributed by atoms with E-state index in [9.17, 15) is 9.59 Å². The molecule has 212 valence electrons. The quantitative estimate of drug-likeness (QED) is 0.320. The average molecular weight is 568 g/mol. The summed E-state index contributed by atoms with van der Waals surface area (Å²) in [6.07, 6.45) is 0.565. The van der Waals surface area contributed by atoms with E-state index in [-0.39, 0.29) is 27.5 Å². The van der Waals surface area contributed by atoms with E-state index in [1.165, 1.54) is 26.4 Å². The Kier molecular flexibility index (Phi) is 8.54. The minimum atomic E-state index is -1.30. The normalized spacial score (nSPS) is 22.6. The van der Waals surface area contributed by atoms with Gasteiger partial charge in [-0.3, -0.25) is 4.79 Å². The van der Waals surface area contributed by atoms with Gasteiger partial charge in [-0.15, -0.1) is 0 Å². The van der Waals surface area contributed by atoms with Crippen molar-refractivity contribution in [3.8, 4) is 5.75 Å². The van der Waals surface area contributed by atoms with Gasteiger partial charge < -0.3 is 25.8 Å². The van der Waals surface area contributed by atoms with Crippen molar-refractivity contribution < 1.29 is 23.5 Å². The van der Waals surface area contributed by atoms with Gasteiger partial charge in [0, 0.05) is 22.5 Å². The summed E-state index contributed by atoms with van der Waals surface area (Å²) in [7, 11) is 2.73. The molecule has 4 atom stereocenters. The van der Waals surface area contributed by atoms with Crippen LogP contribution in [0.4, 0.5) is 10.1 Å².